The largest absolute Gasteiger partial charge is 0.474 e. The lowest BCUT2D eigenvalue weighted by atomic mass is 10.4. The van der Waals surface area contributed by atoms with Crippen LogP contribution in [0.4, 0.5) is 0 Å². The number of aromatic nitrogens is 2. The molecular formula is C6H10N2O2. The van der Waals surface area contributed by atoms with E-state index in [1.807, 2.05) is 0 Å². The summed E-state index contributed by atoms with van der Waals surface area (Å²) in [5.74, 6) is 0.466. The lowest BCUT2D eigenvalue weighted by Crippen LogP contribution is -1.95. The first-order valence-electron chi connectivity index (χ1n) is 3.34. The maximum atomic E-state index is 5.12. The van der Waals surface area contributed by atoms with E-state index in [0.29, 0.717) is 12.5 Å². The third kappa shape index (κ3) is 2.05. The molecule has 0 aliphatic rings. The Hall–Kier alpha value is -1.06. The number of ether oxygens (including phenoxy) is 1. The van der Waals surface area contributed by atoms with E-state index in [4.69, 9.17) is 4.74 Å². The van der Waals surface area contributed by atoms with Crippen LogP contribution in [0.3, 0.4) is 0 Å². The molecule has 0 saturated heterocycles. The number of rotatable bonds is 4. The third-order valence-corrected chi connectivity index (χ3v) is 1.09. The highest BCUT2D eigenvalue weighted by molar-refractivity contribution is 4.95. The molecule has 0 saturated carbocycles. The predicted octanol–water partition coefficient (Wildman–Crippen LogP) is 1.25. The Morgan fingerprint density at radius 2 is 2.60 bits per heavy atom. The predicted molar refractivity (Wildman–Crippen MR) is 34.7 cm³/mol. The molecular weight excluding hydrogens is 132 g/mol. The van der Waals surface area contributed by atoms with Crippen molar-refractivity contribution in [1.82, 2.24) is 10.3 Å². The van der Waals surface area contributed by atoms with Gasteiger partial charge in [-0.15, -0.1) is 0 Å². The van der Waals surface area contributed by atoms with Crippen molar-refractivity contribution >= 4 is 0 Å². The van der Waals surface area contributed by atoms with Crippen molar-refractivity contribution in [2.24, 2.45) is 0 Å². The molecule has 1 aromatic rings. The van der Waals surface area contributed by atoms with Crippen LogP contribution in [0.1, 0.15) is 19.8 Å². The van der Waals surface area contributed by atoms with Crippen LogP contribution in [0.15, 0.2) is 10.8 Å². The van der Waals surface area contributed by atoms with Gasteiger partial charge in [-0.05, 0) is 11.6 Å². The summed E-state index contributed by atoms with van der Waals surface area (Å²) in [6, 6.07) is 0. The molecule has 0 radical (unpaired) electrons. The Morgan fingerprint density at radius 1 is 1.70 bits per heavy atom. The monoisotopic (exact) mass is 142 g/mol. The lowest BCUT2D eigenvalue weighted by molar-refractivity contribution is 0.252. The standard InChI is InChI=1S/C6H10N2O2/c1-2-3-4-9-6-5-7-10-8-6/h5H,2-4H2,1H3. The molecule has 56 valence electrons. The van der Waals surface area contributed by atoms with Gasteiger partial charge in [-0.3, -0.25) is 0 Å². The molecule has 0 N–H and O–H groups in total. The molecule has 0 spiro atoms. The van der Waals surface area contributed by atoms with E-state index in [1.54, 1.807) is 0 Å². The van der Waals surface area contributed by atoms with Crippen molar-refractivity contribution in [2.75, 3.05) is 6.61 Å². The molecule has 0 fully saturated rings. The van der Waals surface area contributed by atoms with Gasteiger partial charge in [-0.2, -0.15) is 0 Å². The zero-order chi connectivity index (χ0) is 7.23. The summed E-state index contributed by atoms with van der Waals surface area (Å²) in [6.45, 7) is 2.79. The Bertz CT molecular complexity index is 162. The molecule has 1 aromatic heterocycles. The molecule has 1 heterocycles. The minimum Gasteiger partial charge on any atom is -0.474 e. The Morgan fingerprint density at radius 3 is 3.20 bits per heavy atom. The van der Waals surface area contributed by atoms with Crippen LogP contribution in [0.5, 0.6) is 5.88 Å². The summed E-state index contributed by atoms with van der Waals surface area (Å²) in [5, 5.41) is 6.87. The third-order valence-electron chi connectivity index (χ3n) is 1.09. The Labute approximate surface area is 59.1 Å². The lowest BCUT2D eigenvalue weighted by Gasteiger charge is -1.96. The van der Waals surface area contributed by atoms with E-state index in [2.05, 4.69) is 21.9 Å². The van der Waals surface area contributed by atoms with Crippen LogP contribution in [-0.2, 0) is 0 Å². The number of hydrogen-bond donors (Lipinski definition) is 0. The van der Waals surface area contributed by atoms with Gasteiger partial charge in [0.25, 0.3) is 5.88 Å². The summed E-state index contributed by atoms with van der Waals surface area (Å²) in [7, 11) is 0. The van der Waals surface area contributed by atoms with Crippen LogP contribution >= 0.6 is 0 Å². The van der Waals surface area contributed by atoms with E-state index >= 15 is 0 Å². The molecule has 0 bridgehead atoms. The molecule has 0 aliphatic heterocycles. The van der Waals surface area contributed by atoms with Crippen LogP contribution < -0.4 is 4.74 Å². The first-order chi connectivity index (χ1) is 4.93. The second kappa shape index (κ2) is 3.87. The highest BCUT2D eigenvalue weighted by Crippen LogP contribution is 2.01. The van der Waals surface area contributed by atoms with Crippen LogP contribution in [0, 0.1) is 0 Å². The van der Waals surface area contributed by atoms with Crippen molar-refractivity contribution in [2.45, 2.75) is 19.8 Å². The van der Waals surface area contributed by atoms with Gasteiger partial charge in [-0.1, -0.05) is 18.5 Å². The van der Waals surface area contributed by atoms with Gasteiger partial charge in [0, 0.05) is 0 Å². The number of hydrogen-bond acceptors (Lipinski definition) is 4. The van der Waals surface area contributed by atoms with Gasteiger partial charge in [-0.25, -0.2) is 4.63 Å². The van der Waals surface area contributed by atoms with Crippen molar-refractivity contribution < 1.29 is 9.37 Å². The molecule has 0 atom stereocenters. The van der Waals surface area contributed by atoms with E-state index in [1.165, 1.54) is 6.20 Å². The average Bonchev–Trinajstić information content (AvgIpc) is 2.41. The molecule has 1 rings (SSSR count). The van der Waals surface area contributed by atoms with E-state index in [0.717, 1.165) is 12.8 Å². The topological polar surface area (TPSA) is 48.2 Å². The van der Waals surface area contributed by atoms with Crippen molar-refractivity contribution in [3.05, 3.63) is 6.20 Å². The van der Waals surface area contributed by atoms with Gasteiger partial charge in [0.05, 0.1) is 6.61 Å². The fraction of sp³-hybridized carbons (Fsp3) is 0.667. The summed E-state index contributed by atoms with van der Waals surface area (Å²) < 4.78 is 9.44. The van der Waals surface area contributed by atoms with Gasteiger partial charge >= 0.3 is 0 Å². The second-order valence-corrected chi connectivity index (χ2v) is 1.95. The van der Waals surface area contributed by atoms with Gasteiger partial charge in [0.1, 0.15) is 6.20 Å². The van der Waals surface area contributed by atoms with Gasteiger partial charge in [0.15, 0.2) is 0 Å². The molecule has 0 unspecified atom stereocenters. The second-order valence-electron chi connectivity index (χ2n) is 1.95. The molecule has 10 heavy (non-hydrogen) atoms. The van der Waals surface area contributed by atoms with Crippen LogP contribution in [0.25, 0.3) is 0 Å². The highest BCUT2D eigenvalue weighted by atomic mass is 16.6. The fourth-order valence-electron chi connectivity index (χ4n) is 0.541. The minimum atomic E-state index is 0.466. The molecule has 0 aliphatic carbocycles. The normalized spacial score (nSPS) is 9.70. The van der Waals surface area contributed by atoms with Gasteiger partial charge < -0.3 is 4.74 Å². The molecule has 4 heteroatoms. The first kappa shape index (κ1) is 7.05. The van der Waals surface area contributed by atoms with Crippen molar-refractivity contribution in [3.63, 3.8) is 0 Å². The molecule has 0 aromatic carbocycles. The Balaban J connectivity index is 2.15. The van der Waals surface area contributed by atoms with Crippen molar-refractivity contribution in [1.29, 1.82) is 0 Å². The van der Waals surface area contributed by atoms with E-state index in [-0.39, 0.29) is 0 Å². The first-order valence-corrected chi connectivity index (χ1v) is 3.34. The molecule has 4 nitrogen and oxygen atoms in total. The van der Waals surface area contributed by atoms with Crippen LogP contribution in [-0.4, -0.2) is 16.9 Å². The fourth-order valence-corrected chi connectivity index (χ4v) is 0.541. The average molecular weight is 142 g/mol. The number of nitrogens with zero attached hydrogens (tertiary/aromatic N) is 2. The minimum absolute atomic E-state index is 0.466. The summed E-state index contributed by atoms with van der Waals surface area (Å²) in [6.07, 6.45) is 3.60. The Kier molecular flexibility index (Phi) is 2.73. The van der Waals surface area contributed by atoms with E-state index in [9.17, 15) is 0 Å². The summed E-state index contributed by atoms with van der Waals surface area (Å²) in [4.78, 5) is 0. The van der Waals surface area contributed by atoms with Crippen LogP contribution in [0.2, 0.25) is 0 Å². The SMILES string of the molecule is CCCCOc1cnon1. The smallest absolute Gasteiger partial charge is 0.275 e. The zero-order valence-electron chi connectivity index (χ0n) is 5.91. The maximum absolute atomic E-state index is 5.12. The maximum Gasteiger partial charge on any atom is 0.275 e. The number of unbranched alkanes of at least 4 members (excludes halogenated alkanes) is 1. The summed E-state index contributed by atoms with van der Waals surface area (Å²) in [5.41, 5.74) is 0. The quantitative estimate of drug-likeness (QED) is 0.593. The van der Waals surface area contributed by atoms with Crippen molar-refractivity contribution in [3.8, 4) is 5.88 Å². The van der Waals surface area contributed by atoms with Gasteiger partial charge in [0.2, 0.25) is 0 Å². The summed E-state index contributed by atoms with van der Waals surface area (Å²) >= 11 is 0. The highest BCUT2D eigenvalue weighted by Gasteiger charge is 1.95. The van der Waals surface area contributed by atoms with E-state index < -0.39 is 0 Å². The molecule has 0 amide bonds. The zero-order valence-corrected chi connectivity index (χ0v) is 5.91.